The number of benzene rings is 3. The van der Waals surface area contributed by atoms with Crippen LogP contribution in [-0.2, 0) is 14.3 Å². The molecule has 238 valence electrons. The van der Waals surface area contributed by atoms with Gasteiger partial charge >= 0.3 is 6.09 Å². The van der Waals surface area contributed by atoms with E-state index in [1.807, 2.05) is 56.3 Å². The summed E-state index contributed by atoms with van der Waals surface area (Å²) in [6, 6.07) is 18.0. The number of phenols is 1. The van der Waals surface area contributed by atoms with Crippen molar-refractivity contribution in [2.24, 2.45) is 5.92 Å². The van der Waals surface area contributed by atoms with Gasteiger partial charge in [0.1, 0.15) is 23.4 Å². The fourth-order valence-corrected chi connectivity index (χ4v) is 5.19. The largest absolute Gasteiger partial charge is 0.508 e. The highest BCUT2D eigenvalue weighted by atomic mass is 16.6. The van der Waals surface area contributed by atoms with Crippen LogP contribution in [0.2, 0.25) is 0 Å². The number of ether oxygens (including phenoxy) is 1. The summed E-state index contributed by atoms with van der Waals surface area (Å²) in [7, 11) is 0. The molecule has 3 amide bonds. The Morgan fingerprint density at radius 2 is 1.59 bits per heavy atom. The molecule has 0 fully saturated rings. The minimum absolute atomic E-state index is 0.00768. The predicted molar refractivity (Wildman–Crippen MR) is 177 cm³/mol. The summed E-state index contributed by atoms with van der Waals surface area (Å²) in [6.45, 7) is 11.6. The second kappa shape index (κ2) is 16.1. The van der Waals surface area contributed by atoms with Crippen molar-refractivity contribution < 1.29 is 24.2 Å². The highest BCUT2D eigenvalue weighted by Gasteiger charge is 2.38. The lowest BCUT2D eigenvalue weighted by Crippen LogP contribution is -2.55. The number of unbranched alkanes of at least 4 members (excludes halogenated alkanes) is 4. The molecule has 3 aromatic rings. The van der Waals surface area contributed by atoms with E-state index in [1.54, 1.807) is 37.8 Å². The maximum atomic E-state index is 14.5. The number of hydrogen-bond acceptors (Lipinski definition) is 5. The summed E-state index contributed by atoms with van der Waals surface area (Å²) in [5.74, 6) is -1.02. The fourth-order valence-electron chi connectivity index (χ4n) is 5.19. The van der Waals surface area contributed by atoms with Gasteiger partial charge in [-0.1, -0.05) is 95.3 Å². The van der Waals surface area contributed by atoms with Crippen LogP contribution in [0.25, 0.3) is 10.8 Å². The van der Waals surface area contributed by atoms with Crippen LogP contribution in [-0.4, -0.2) is 46.1 Å². The number of alkyl carbamates (subject to hydrolysis) is 1. The van der Waals surface area contributed by atoms with Gasteiger partial charge in [0.25, 0.3) is 5.91 Å². The molecule has 0 saturated carbocycles. The average molecular weight is 604 g/mol. The number of rotatable bonds is 14. The first-order chi connectivity index (χ1) is 20.9. The zero-order valence-electron chi connectivity index (χ0n) is 27.1. The molecule has 44 heavy (non-hydrogen) atoms. The average Bonchev–Trinajstić information content (AvgIpc) is 2.97. The first kappa shape index (κ1) is 34.4. The van der Waals surface area contributed by atoms with E-state index in [1.165, 1.54) is 12.1 Å². The molecule has 0 aliphatic heterocycles. The van der Waals surface area contributed by atoms with Gasteiger partial charge in [-0.05, 0) is 73.7 Å². The Bertz CT molecular complexity index is 1400. The summed E-state index contributed by atoms with van der Waals surface area (Å²) in [5.41, 5.74) is 0.334. The quantitative estimate of drug-likeness (QED) is 0.162. The lowest BCUT2D eigenvalue weighted by molar-refractivity contribution is -0.142. The van der Waals surface area contributed by atoms with Crippen LogP contribution in [0.4, 0.5) is 10.5 Å². The van der Waals surface area contributed by atoms with Crippen LogP contribution >= 0.6 is 0 Å². The summed E-state index contributed by atoms with van der Waals surface area (Å²) in [4.78, 5) is 43.2. The topological polar surface area (TPSA) is 108 Å². The number of hydrogen-bond donors (Lipinski definition) is 3. The summed E-state index contributed by atoms with van der Waals surface area (Å²) >= 11 is 0. The monoisotopic (exact) mass is 603 g/mol. The van der Waals surface area contributed by atoms with Gasteiger partial charge in [0.2, 0.25) is 5.91 Å². The van der Waals surface area contributed by atoms with Crippen molar-refractivity contribution in [3.8, 4) is 5.75 Å². The Kier molecular flexibility index (Phi) is 12.6. The molecule has 0 spiro atoms. The van der Waals surface area contributed by atoms with Gasteiger partial charge < -0.3 is 25.4 Å². The molecule has 3 aromatic carbocycles. The third-order valence-electron chi connectivity index (χ3n) is 7.70. The Morgan fingerprint density at radius 3 is 2.25 bits per heavy atom. The first-order valence-corrected chi connectivity index (χ1v) is 15.8. The first-order valence-electron chi connectivity index (χ1n) is 15.8. The highest BCUT2D eigenvalue weighted by Crippen LogP contribution is 2.29. The van der Waals surface area contributed by atoms with Crippen molar-refractivity contribution >= 4 is 34.4 Å². The number of fused-ring (bicyclic) bond motifs is 1. The number of anilines is 1. The Morgan fingerprint density at radius 1 is 0.886 bits per heavy atom. The van der Waals surface area contributed by atoms with Crippen molar-refractivity contribution in [1.82, 2.24) is 10.2 Å². The fraction of sp³-hybridized carbons (Fsp3) is 0.472. The maximum Gasteiger partial charge on any atom is 0.408 e. The molecule has 3 atom stereocenters. The van der Waals surface area contributed by atoms with Crippen molar-refractivity contribution in [2.45, 2.75) is 97.8 Å². The lowest BCUT2D eigenvalue weighted by Gasteiger charge is -2.36. The van der Waals surface area contributed by atoms with Gasteiger partial charge in [0, 0.05) is 12.2 Å². The minimum atomic E-state index is -1.06. The van der Waals surface area contributed by atoms with Crippen LogP contribution in [0.5, 0.6) is 5.75 Å². The second-order valence-corrected chi connectivity index (χ2v) is 12.5. The number of carbonyl (C=O) groups is 3. The van der Waals surface area contributed by atoms with E-state index < -0.39 is 29.7 Å². The Labute approximate surface area is 262 Å². The Balaban J connectivity index is 2.04. The summed E-state index contributed by atoms with van der Waals surface area (Å²) < 4.78 is 5.51. The van der Waals surface area contributed by atoms with E-state index in [0.717, 1.165) is 36.5 Å². The summed E-state index contributed by atoms with van der Waals surface area (Å²) in [5, 5.41) is 18.3. The molecule has 8 nitrogen and oxygen atoms in total. The van der Waals surface area contributed by atoms with E-state index in [9.17, 15) is 19.5 Å². The van der Waals surface area contributed by atoms with Gasteiger partial charge in [-0.3, -0.25) is 9.59 Å². The standard InChI is InChI=1S/C36H49N3O5/c1-7-9-10-11-14-22-39(34(42)31(25(3)8-2)38-35(43)44-36(4,5)6)32(28-18-15-19-30(40)24-28)33(41)37-29-21-20-26-16-12-13-17-27(26)23-29/h12-13,15-21,23-25,31-32,40H,7-11,14,22H2,1-6H3,(H,37,41)(H,38,43). The zero-order chi connectivity index (χ0) is 32.3. The number of amides is 3. The third-order valence-corrected chi connectivity index (χ3v) is 7.70. The van der Waals surface area contributed by atoms with Gasteiger partial charge in [-0.25, -0.2) is 4.79 Å². The molecule has 0 aromatic heterocycles. The molecule has 0 bridgehead atoms. The van der Waals surface area contributed by atoms with Gasteiger partial charge in [0.15, 0.2) is 0 Å². The molecule has 0 radical (unpaired) electrons. The highest BCUT2D eigenvalue weighted by molar-refractivity contribution is 6.00. The molecular formula is C36H49N3O5. The predicted octanol–water partition coefficient (Wildman–Crippen LogP) is 7.96. The molecule has 3 rings (SSSR count). The maximum absolute atomic E-state index is 14.5. The van der Waals surface area contributed by atoms with Crippen molar-refractivity contribution in [2.75, 3.05) is 11.9 Å². The van der Waals surface area contributed by atoms with E-state index in [4.69, 9.17) is 4.74 Å². The molecule has 3 unspecified atom stereocenters. The second-order valence-electron chi connectivity index (χ2n) is 12.5. The van der Waals surface area contributed by atoms with Gasteiger partial charge in [-0.2, -0.15) is 0 Å². The van der Waals surface area contributed by atoms with Crippen molar-refractivity contribution in [1.29, 1.82) is 0 Å². The van der Waals surface area contributed by atoms with Crippen LogP contribution in [0.1, 0.15) is 91.7 Å². The van der Waals surface area contributed by atoms with Gasteiger partial charge in [-0.15, -0.1) is 0 Å². The van der Waals surface area contributed by atoms with E-state index >= 15 is 0 Å². The van der Waals surface area contributed by atoms with Crippen LogP contribution < -0.4 is 10.6 Å². The van der Waals surface area contributed by atoms with Crippen molar-refractivity contribution in [3.05, 3.63) is 72.3 Å². The molecule has 0 aliphatic rings. The normalized spacial score (nSPS) is 13.5. The lowest BCUT2D eigenvalue weighted by atomic mass is 9.95. The SMILES string of the molecule is CCCCCCCN(C(=O)C(NC(=O)OC(C)(C)C)C(C)CC)C(C(=O)Nc1ccc2ccccc2c1)c1cccc(O)c1. The van der Waals surface area contributed by atoms with Crippen molar-refractivity contribution in [3.63, 3.8) is 0 Å². The van der Waals surface area contributed by atoms with E-state index in [-0.39, 0.29) is 17.6 Å². The smallest absolute Gasteiger partial charge is 0.408 e. The molecule has 0 saturated heterocycles. The Hall–Kier alpha value is -4.07. The van der Waals surface area contributed by atoms with Crippen LogP contribution in [0.3, 0.4) is 0 Å². The molecule has 8 heteroatoms. The number of aromatic hydroxyl groups is 1. The number of nitrogens with one attached hydrogen (secondary N) is 2. The van der Waals surface area contributed by atoms with Gasteiger partial charge in [0.05, 0.1) is 0 Å². The third kappa shape index (κ3) is 10.00. The summed E-state index contributed by atoms with van der Waals surface area (Å²) in [6.07, 6.45) is 4.70. The molecule has 0 aliphatic carbocycles. The number of carbonyl (C=O) groups excluding carboxylic acids is 3. The zero-order valence-corrected chi connectivity index (χ0v) is 27.1. The van der Waals surface area contributed by atoms with Crippen LogP contribution in [0.15, 0.2) is 66.7 Å². The molecule has 3 N–H and O–H groups in total. The molecule has 0 heterocycles. The van der Waals surface area contributed by atoms with Crippen LogP contribution in [0, 0.1) is 5.92 Å². The number of nitrogens with zero attached hydrogens (tertiary/aromatic N) is 1. The minimum Gasteiger partial charge on any atom is -0.508 e. The molecular weight excluding hydrogens is 554 g/mol. The van der Waals surface area contributed by atoms with E-state index in [0.29, 0.717) is 30.6 Å². The number of phenolic OH excluding ortho intramolecular Hbond substituents is 1. The van der Waals surface area contributed by atoms with E-state index in [2.05, 4.69) is 17.6 Å².